The molecule has 2 aromatic rings. The van der Waals surface area contributed by atoms with Crippen LogP contribution in [-0.2, 0) is 10.0 Å². The van der Waals surface area contributed by atoms with E-state index >= 15 is 0 Å². The van der Waals surface area contributed by atoms with E-state index in [9.17, 15) is 13.2 Å². The van der Waals surface area contributed by atoms with Gasteiger partial charge in [-0.3, -0.25) is 4.79 Å². The Hall–Kier alpha value is -2.84. The summed E-state index contributed by atoms with van der Waals surface area (Å²) in [6, 6.07) is 11.8. The molecule has 8 heteroatoms. The minimum atomic E-state index is -3.64. The molecule has 1 fully saturated rings. The van der Waals surface area contributed by atoms with Crippen molar-refractivity contribution in [3.8, 4) is 5.75 Å². The molecule has 7 nitrogen and oxygen atoms in total. The van der Waals surface area contributed by atoms with Crippen molar-refractivity contribution < 1.29 is 17.9 Å². The van der Waals surface area contributed by atoms with Crippen LogP contribution in [0, 0.1) is 0 Å². The van der Waals surface area contributed by atoms with Gasteiger partial charge in [0.2, 0.25) is 10.0 Å². The second-order valence-electron chi connectivity index (χ2n) is 7.54. The van der Waals surface area contributed by atoms with Gasteiger partial charge in [-0.1, -0.05) is 26.5 Å². The third-order valence-corrected chi connectivity index (χ3v) is 7.54. The molecule has 1 amide bonds. The van der Waals surface area contributed by atoms with Gasteiger partial charge < -0.3 is 15.0 Å². The maximum absolute atomic E-state index is 13.0. The summed E-state index contributed by atoms with van der Waals surface area (Å²) in [6.07, 6.45) is 3.79. The standard InChI is InChI=1S/C24H31N3O4S/c1-4-17-31-20-11-9-19(10-12-20)24(28)25-22-18-21(32(29,30)27(5-2)6-3)13-14-23(22)26-15-7-8-16-26/h4,9-14,18H,1,5-8,15-17H2,2-3H3,(H,25,28). The number of ether oxygens (including phenoxy) is 1. The van der Waals surface area contributed by atoms with Crippen LogP contribution in [0.2, 0.25) is 0 Å². The van der Waals surface area contributed by atoms with Crippen LogP contribution in [0.25, 0.3) is 0 Å². The Balaban J connectivity index is 1.91. The minimum Gasteiger partial charge on any atom is -0.490 e. The molecule has 0 unspecified atom stereocenters. The summed E-state index contributed by atoms with van der Waals surface area (Å²) < 4.78 is 32.9. The molecule has 172 valence electrons. The Labute approximate surface area is 190 Å². The molecule has 0 aromatic heterocycles. The lowest BCUT2D eigenvalue weighted by Crippen LogP contribution is -2.31. The third-order valence-electron chi connectivity index (χ3n) is 5.49. The van der Waals surface area contributed by atoms with Crippen LogP contribution in [0.1, 0.15) is 37.0 Å². The van der Waals surface area contributed by atoms with Gasteiger partial charge in [-0.2, -0.15) is 4.31 Å². The normalized spacial score (nSPS) is 13.9. The van der Waals surface area contributed by atoms with E-state index in [1.54, 1.807) is 48.5 Å². The van der Waals surface area contributed by atoms with Crippen molar-refractivity contribution in [2.24, 2.45) is 0 Å². The van der Waals surface area contributed by atoms with E-state index in [-0.39, 0.29) is 10.8 Å². The summed E-state index contributed by atoms with van der Waals surface area (Å²) in [5.41, 5.74) is 1.79. The molecule has 0 radical (unpaired) electrons. The average molecular weight is 458 g/mol. The second kappa shape index (κ2) is 10.7. The maximum Gasteiger partial charge on any atom is 0.255 e. The lowest BCUT2D eigenvalue weighted by atomic mass is 10.2. The van der Waals surface area contributed by atoms with Crippen molar-refractivity contribution in [1.29, 1.82) is 0 Å². The van der Waals surface area contributed by atoms with E-state index in [0.29, 0.717) is 36.7 Å². The van der Waals surface area contributed by atoms with Crippen LogP contribution in [0.15, 0.2) is 60.0 Å². The van der Waals surface area contributed by atoms with Gasteiger partial charge in [-0.25, -0.2) is 8.42 Å². The first-order valence-corrected chi connectivity index (χ1v) is 12.4. The summed E-state index contributed by atoms with van der Waals surface area (Å²) in [5.74, 6) is 0.338. The van der Waals surface area contributed by atoms with Crippen LogP contribution in [0.5, 0.6) is 5.75 Å². The van der Waals surface area contributed by atoms with Gasteiger partial charge in [0.25, 0.3) is 5.91 Å². The van der Waals surface area contributed by atoms with Crippen LogP contribution < -0.4 is 15.0 Å². The zero-order valence-corrected chi connectivity index (χ0v) is 19.5. The Morgan fingerprint density at radius 2 is 1.78 bits per heavy atom. The SMILES string of the molecule is C=CCOc1ccc(C(=O)Nc2cc(S(=O)(=O)N(CC)CC)ccc2N2CCCC2)cc1. The Morgan fingerprint density at radius 1 is 1.12 bits per heavy atom. The summed E-state index contributed by atoms with van der Waals surface area (Å²) >= 11 is 0. The van der Waals surface area contributed by atoms with Crippen LogP contribution in [-0.4, -0.2) is 51.4 Å². The molecule has 0 bridgehead atoms. The lowest BCUT2D eigenvalue weighted by molar-refractivity contribution is 0.102. The van der Waals surface area contributed by atoms with Gasteiger partial charge in [0, 0.05) is 31.7 Å². The summed E-state index contributed by atoms with van der Waals surface area (Å²) in [7, 11) is -3.64. The monoisotopic (exact) mass is 457 g/mol. The first kappa shape index (κ1) is 23.8. The third kappa shape index (κ3) is 5.31. The number of benzene rings is 2. The van der Waals surface area contributed by atoms with Crippen molar-refractivity contribution in [3.63, 3.8) is 0 Å². The molecule has 1 aliphatic rings. The van der Waals surface area contributed by atoms with Gasteiger partial charge in [0.05, 0.1) is 16.3 Å². The van der Waals surface area contributed by atoms with Crippen molar-refractivity contribution in [2.75, 3.05) is 43.0 Å². The van der Waals surface area contributed by atoms with Crippen molar-refractivity contribution in [2.45, 2.75) is 31.6 Å². The molecule has 0 aliphatic carbocycles. The molecular weight excluding hydrogens is 426 g/mol. The second-order valence-corrected chi connectivity index (χ2v) is 9.48. The maximum atomic E-state index is 13.0. The molecule has 2 aromatic carbocycles. The number of hydrogen-bond acceptors (Lipinski definition) is 5. The zero-order chi connectivity index (χ0) is 23.1. The quantitative estimate of drug-likeness (QED) is 0.543. The molecule has 3 rings (SSSR count). The number of rotatable bonds is 10. The van der Waals surface area contributed by atoms with Gasteiger partial charge in [0.1, 0.15) is 12.4 Å². The number of carbonyl (C=O) groups excluding carboxylic acids is 1. The molecule has 0 spiro atoms. The van der Waals surface area contributed by atoms with Gasteiger partial charge in [0.15, 0.2) is 0 Å². The molecule has 0 atom stereocenters. The molecule has 32 heavy (non-hydrogen) atoms. The number of carbonyl (C=O) groups is 1. The Morgan fingerprint density at radius 3 is 2.38 bits per heavy atom. The first-order chi connectivity index (χ1) is 15.4. The highest BCUT2D eigenvalue weighted by Gasteiger charge is 2.25. The predicted molar refractivity (Wildman–Crippen MR) is 128 cm³/mol. The molecule has 1 saturated heterocycles. The van der Waals surface area contributed by atoms with Gasteiger partial charge in [-0.05, 0) is 55.3 Å². The highest BCUT2D eigenvalue weighted by Crippen LogP contribution is 2.32. The van der Waals surface area contributed by atoms with E-state index < -0.39 is 10.0 Å². The summed E-state index contributed by atoms with van der Waals surface area (Å²) in [6.45, 7) is 10.1. The van der Waals surface area contributed by atoms with Crippen LogP contribution >= 0.6 is 0 Å². The smallest absolute Gasteiger partial charge is 0.255 e. The minimum absolute atomic E-state index is 0.174. The molecule has 1 N–H and O–H groups in total. The number of nitrogens with zero attached hydrogens (tertiary/aromatic N) is 2. The summed E-state index contributed by atoms with van der Waals surface area (Å²) in [4.78, 5) is 15.3. The molecule has 0 saturated carbocycles. The van der Waals surface area contributed by atoms with E-state index in [1.807, 2.05) is 13.8 Å². The van der Waals surface area contributed by atoms with Crippen LogP contribution in [0.4, 0.5) is 11.4 Å². The Bertz CT molecular complexity index is 1040. The number of anilines is 2. The topological polar surface area (TPSA) is 78.9 Å². The molecular formula is C24H31N3O4S. The fourth-order valence-corrected chi connectivity index (χ4v) is 5.26. The van der Waals surface area contributed by atoms with Crippen molar-refractivity contribution in [3.05, 3.63) is 60.7 Å². The number of hydrogen-bond donors (Lipinski definition) is 1. The van der Waals surface area contributed by atoms with Crippen molar-refractivity contribution in [1.82, 2.24) is 4.31 Å². The number of sulfonamides is 1. The van der Waals surface area contributed by atoms with Crippen molar-refractivity contribution >= 4 is 27.3 Å². The van der Waals surface area contributed by atoms with E-state index in [1.165, 1.54) is 4.31 Å². The first-order valence-electron chi connectivity index (χ1n) is 10.9. The lowest BCUT2D eigenvalue weighted by Gasteiger charge is -2.24. The molecule has 1 aliphatic heterocycles. The number of amides is 1. The highest BCUT2D eigenvalue weighted by atomic mass is 32.2. The fraction of sp³-hybridized carbons (Fsp3) is 0.375. The Kier molecular flexibility index (Phi) is 7.93. The van der Waals surface area contributed by atoms with Gasteiger partial charge in [-0.15, -0.1) is 0 Å². The van der Waals surface area contributed by atoms with E-state index in [4.69, 9.17) is 4.74 Å². The number of nitrogens with one attached hydrogen (secondary N) is 1. The summed E-state index contributed by atoms with van der Waals surface area (Å²) in [5, 5.41) is 2.93. The zero-order valence-electron chi connectivity index (χ0n) is 18.7. The van der Waals surface area contributed by atoms with Crippen LogP contribution in [0.3, 0.4) is 0 Å². The molecule has 1 heterocycles. The average Bonchev–Trinajstić information content (AvgIpc) is 3.33. The fourth-order valence-electron chi connectivity index (χ4n) is 3.77. The predicted octanol–water partition coefficient (Wildman–Crippen LogP) is 4.13. The van der Waals surface area contributed by atoms with E-state index in [2.05, 4.69) is 16.8 Å². The van der Waals surface area contributed by atoms with Gasteiger partial charge >= 0.3 is 0 Å². The highest BCUT2D eigenvalue weighted by molar-refractivity contribution is 7.89. The largest absolute Gasteiger partial charge is 0.490 e. The van der Waals surface area contributed by atoms with E-state index in [0.717, 1.165) is 31.6 Å².